The van der Waals surface area contributed by atoms with Crippen molar-refractivity contribution in [1.29, 1.82) is 0 Å². The molecule has 2 aromatic heterocycles. The molecule has 0 atom stereocenters. The maximum absolute atomic E-state index is 12.4. The van der Waals surface area contributed by atoms with Gasteiger partial charge in [0.2, 0.25) is 5.91 Å². The zero-order valence-corrected chi connectivity index (χ0v) is 13.9. The average Bonchev–Trinajstić information content (AvgIpc) is 3.01. The second-order valence-corrected chi connectivity index (χ2v) is 5.54. The van der Waals surface area contributed by atoms with Crippen molar-refractivity contribution in [2.75, 3.05) is 17.3 Å². The molecular formula is C18H17N5O2. The topological polar surface area (TPSA) is 79.6 Å². The van der Waals surface area contributed by atoms with E-state index in [9.17, 15) is 9.59 Å². The summed E-state index contributed by atoms with van der Waals surface area (Å²) in [5.74, 6) is -0.486. The Bertz CT molecular complexity index is 959. The maximum atomic E-state index is 12.4. The molecule has 0 fully saturated rings. The molecule has 3 rings (SSSR count). The molecule has 0 aliphatic carbocycles. The largest absolute Gasteiger partial charge is 0.319 e. The highest BCUT2D eigenvalue weighted by atomic mass is 16.2. The summed E-state index contributed by atoms with van der Waals surface area (Å²) in [4.78, 5) is 29.7. The van der Waals surface area contributed by atoms with Gasteiger partial charge >= 0.3 is 0 Å². The van der Waals surface area contributed by atoms with Crippen LogP contribution in [0.15, 0.2) is 55.5 Å². The highest BCUT2D eigenvalue weighted by Gasteiger charge is 2.11. The third-order valence-electron chi connectivity index (χ3n) is 3.81. The minimum Gasteiger partial charge on any atom is -0.319 e. The van der Waals surface area contributed by atoms with Crippen LogP contribution in [0.4, 0.5) is 11.4 Å². The van der Waals surface area contributed by atoms with Crippen LogP contribution >= 0.6 is 0 Å². The van der Waals surface area contributed by atoms with Gasteiger partial charge in [0.25, 0.3) is 5.91 Å². The summed E-state index contributed by atoms with van der Waals surface area (Å²) in [6, 6.07) is 6.71. The molecule has 0 saturated heterocycles. The molecule has 25 heavy (non-hydrogen) atoms. The SMILES string of the molecule is C=CC(=O)N(C)c1ccc(C(=O)Nc2cnc3c(C)cnn3c2)cc1. The van der Waals surface area contributed by atoms with Gasteiger partial charge in [-0.3, -0.25) is 9.59 Å². The van der Waals surface area contributed by atoms with E-state index in [-0.39, 0.29) is 11.8 Å². The summed E-state index contributed by atoms with van der Waals surface area (Å²) >= 11 is 0. The summed E-state index contributed by atoms with van der Waals surface area (Å²) in [5.41, 5.74) is 3.41. The van der Waals surface area contributed by atoms with E-state index in [4.69, 9.17) is 0 Å². The van der Waals surface area contributed by atoms with Crippen molar-refractivity contribution in [3.63, 3.8) is 0 Å². The Morgan fingerprint density at radius 1 is 1.24 bits per heavy atom. The summed E-state index contributed by atoms with van der Waals surface area (Å²) in [7, 11) is 1.64. The van der Waals surface area contributed by atoms with E-state index >= 15 is 0 Å². The lowest BCUT2D eigenvalue weighted by Crippen LogP contribution is -2.23. The molecule has 3 aromatic rings. The van der Waals surface area contributed by atoms with E-state index < -0.39 is 0 Å². The number of nitrogens with one attached hydrogen (secondary N) is 1. The predicted molar refractivity (Wildman–Crippen MR) is 95.7 cm³/mol. The number of hydrogen-bond donors (Lipinski definition) is 1. The number of aryl methyl sites for hydroxylation is 1. The molecule has 1 aromatic carbocycles. The molecule has 1 N–H and O–H groups in total. The van der Waals surface area contributed by atoms with Crippen LogP contribution in [0.2, 0.25) is 0 Å². The van der Waals surface area contributed by atoms with Gasteiger partial charge in [-0.25, -0.2) is 9.50 Å². The second kappa shape index (κ2) is 6.56. The number of rotatable bonds is 4. The van der Waals surface area contributed by atoms with E-state index in [0.29, 0.717) is 16.9 Å². The summed E-state index contributed by atoms with van der Waals surface area (Å²) in [6.45, 7) is 5.37. The van der Waals surface area contributed by atoms with E-state index in [1.54, 1.807) is 54.4 Å². The van der Waals surface area contributed by atoms with Crippen LogP contribution in [-0.2, 0) is 4.79 Å². The first-order valence-corrected chi connectivity index (χ1v) is 7.61. The zero-order valence-electron chi connectivity index (χ0n) is 13.9. The van der Waals surface area contributed by atoms with Crippen molar-refractivity contribution in [3.05, 3.63) is 66.6 Å². The molecule has 2 heterocycles. The quantitative estimate of drug-likeness (QED) is 0.743. The third-order valence-corrected chi connectivity index (χ3v) is 3.81. The Kier molecular flexibility index (Phi) is 4.30. The average molecular weight is 335 g/mol. The number of likely N-dealkylation sites (N-methyl/N-ethyl adjacent to an activating group) is 1. The molecule has 2 amide bonds. The molecule has 0 saturated carbocycles. The summed E-state index contributed by atoms with van der Waals surface area (Å²) in [5, 5.41) is 6.96. The van der Waals surface area contributed by atoms with Gasteiger partial charge in [0.05, 0.1) is 24.3 Å². The first-order chi connectivity index (χ1) is 12.0. The van der Waals surface area contributed by atoms with Crippen molar-refractivity contribution in [2.24, 2.45) is 0 Å². The Labute approximate surface area is 144 Å². The number of hydrogen-bond acceptors (Lipinski definition) is 4. The molecule has 7 nitrogen and oxygen atoms in total. The first kappa shape index (κ1) is 16.4. The van der Waals surface area contributed by atoms with Crippen LogP contribution in [0, 0.1) is 6.92 Å². The van der Waals surface area contributed by atoms with Gasteiger partial charge < -0.3 is 10.2 Å². The fourth-order valence-corrected chi connectivity index (χ4v) is 2.36. The molecule has 0 unspecified atom stereocenters. The third kappa shape index (κ3) is 3.25. The number of amides is 2. The molecule has 0 bridgehead atoms. The van der Waals surface area contributed by atoms with Crippen LogP contribution in [0.25, 0.3) is 5.65 Å². The van der Waals surface area contributed by atoms with Crippen molar-refractivity contribution < 1.29 is 9.59 Å². The van der Waals surface area contributed by atoms with Crippen molar-refractivity contribution in [3.8, 4) is 0 Å². The smallest absolute Gasteiger partial charge is 0.255 e. The van der Waals surface area contributed by atoms with Crippen LogP contribution < -0.4 is 10.2 Å². The fraction of sp³-hybridized carbons (Fsp3) is 0.111. The van der Waals surface area contributed by atoms with E-state index in [0.717, 1.165) is 11.2 Å². The number of aromatic nitrogens is 3. The Morgan fingerprint density at radius 2 is 1.96 bits per heavy atom. The highest BCUT2D eigenvalue weighted by Crippen LogP contribution is 2.16. The Hall–Kier alpha value is -3.48. The molecule has 126 valence electrons. The van der Waals surface area contributed by atoms with E-state index in [1.807, 2.05) is 6.92 Å². The van der Waals surface area contributed by atoms with Crippen LogP contribution in [-0.4, -0.2) is 33.5 Å². The van der Waals surface area contributed by atoms with Crippen molar-refractivity contribution >= 4 is 28.8 Å². The first-order valence-electron chi connectivity index (χ1n) is 7.61. The molecule has 0 aliphatic rings. The molecule has 0 radical (unpaired) electrons. The van der Waals surface area contributed by atoms with Crippen molar-refractivity contribution in [2.45, 2.75) is 6.92 Å². The van der Waals surface area contributed by atoms with Gasteiger partial charge in [0.1, 0.15) is 0 Å². The lowest BCUT2D eigenvalue weighted by atomic mass is 10.2. The Morgan fingerprint density at radius 3 is 2.64 bits per heavy atom. The Balaban J connectivity index is 1.76. The predicted octanol–water partition coefficient (Wildman–Crippen LogP) is 2.44. The minimum absolute atomic E-state index is 0.217. The van der Waals surface area contributed by atoms with Gasteiger partial charge in [0, 0.05) is 23.9 Å². The van der Waals surface area contributed by atoms with Crippen LogP contribution in [0.5, 0.6) is 0 Å². The van der Waals surface area contributed by atoms with Gasteiger partial charge in [-0.05, 0) is 37.3 Å². The summed E-state index contributed by atoms with van der Waals surface area (Å²) < 4.78 is 1.61. The highest BCUT2D eigenvalue weighted by molar-refractivity contribution is 6.05. The van der Waals surface area contributed by atoms with Crippen molar-refractivity contribution in [1.82, 2.24) is 14.6 Å². The van der Waals surface area contributed by atoms with E-state index in [1.165, 1.54) is 11.0 Å². The molecule has 0 spiro atoms. The summed E-state index contributed by atoms with van der Waals surface area (Å²) in [6.07, 6.45) is 6.25. The van der Waals surface area contributed by atoms with Gasteiger partial charge in [-0.2, -0.15) is 5.10 Å². The van der Waals surface area contributed by atoms with Crippen LogP contribution in [0.1, 0.15) is 15.9 Å². The minimum atomic E-state index is -0.269. The molecule has 0 aliphatic heterocycles. The lowest BCUT2D eigenvalue weighted by molar-refractivity contribution is -0.113. The number of carbonyl (C=O) groups is 2. The van der Waals surface area contributed by atoms with E-state index in [2.05, 4.69) is 22.0 Å². The lowest BCUT2D eigenvalue weighted by Gasteiger charge is -2.15. The second-order valence-electron chi connectivity index (χ2n) is 5.54. The molecular weight excluding hydrogens is 318 g/mol. The zero-order chi connectivity index (χ0) is 18.0. The number of anilines is 2. The van der Waals surface area contributed by atoms with Crippen LogP contribution in [0.3, 0.4) is 0 Å². The standard InChI is InChI=1S/C18H17N5O2/c1-4-16(24)22(3)15-7-5-13(6-8-15)18(25)21-14-10-19-17-12(2)9-20-23(17)11-14/h4-11H,1H2,2-3H3,(H,21,25). The fourth-order valence-electron chi connectivity index (χ4n) is 2.36. The van der Waals surface area contributed by atoms with Gasteiger partial charge in [0.15, 0.2) is 5.65 Å². The number of nitrogens with zero attached hydrogens (tertiary/aromatic N) is 4. The maximum Gasteiger partial charge on any atom is 0.255 e. The van der Waals surface area contributed by atoms with Gasteiger partial charge in [-0.15, -0.1) is 0 Å². The molecule has 7 heteroatoms. The normalized spacial score (nSPS) is 10.5. The number of fused-ring (bicyclic) bond motifs is 1. The number of benzene rings is 1. The monoisotopic (exact) mass is 335 g/mol. The van der Waals surface area contributed by atoms with Gasteiger partial charge in [-0.1, -0.05) is 6.58 Å². The number of carbonyl (C=O) groups excluding carboxylic acids is 2.